The highest BCUT2D eigenvalue weighted by Gasteiger charge is 2.19. The molecule has 178 valence electrons. The Morgan fingerprint density at radius 1 is 0.474 bits per heavy atom. The second-order valence-corrected chi connectivity index (χ2v) is 9.40. The average molecular weight is 488 g/mol. The van der Waals surface area contributed by atoms with Crippen molar-refractivity contribution in [3.8, 4) is 22.6 Å². The second kappa shape index (κ2) is 8.11. The first-order valence-corrected chi connectivity index (χ1v) is 12.6. The highest BCUT2D eigenvalue weighted by atomic mass is 15.1. The molecule has 0 aliphatic rings. The van der Waals surface area contributed by atoms with E-state index in [2.05, 4.69) is 98.0 Å². The van der Waals surface area contributed by atoms with Crippen LogP contribution in [-0.2, 0) is 0 Å². The van der Waals surface area contributed by atoms with E-state index in [-0.39, 0.29) is 0 Å². The Labute approximate surface area is 218 Å². The van der Waals surface area contributed by atoms with Gasteiger partial charge in [0.15, 0.2) is 0 Å². The van der Waals surface area contributed by atoms with E-state index in [1.54, 1.807) is 0 Å². The molecule has 0 unspecified atom stereocenters. The molecule has 5 aromatic heterocycles. The van der Waals surface area contributed by atoms with Gasteiger partial charge >= 0.3 is 0 Å². The van der Waals surface area contributed by atoms with Crippen molar-refractivity contribution in [1.29, 1.82) is 0 Å². The maximum atomic E-state index is 5.32. The maximum absolute atomic E-state index is 5.32. The summed E-state index contributed by atoms with van der Waals surface area (Å²) in [6.07, 6.45) is 5.49. The lowest BCUT2D eigenvalue weighted by Crippen LogP contribution is -1.98. The van der Waals surface area contributed by atoms with E-state index in [1.165, 1.54) is 0 Å². The summed E-state index contributed by atoms with van der Waals surface area (Å²) in [4.78, 5) is 14.2. The van der Waals surface area contributed by atoms with Crippen molar-refractivity contribution < 1.29 is 0 Å². The second-order valence-electron chi connectivity index (χ2n) is 9.40. The van der Waals surface area contributed by atoms with Crippen molar-refractivity contribution >= 4 is 43.9 Å². The predicted octanol–water partition coefficient (Wildman–Crippen LogP) is 7.73. The molecule has 0 atom stereocenters. The number of benzene rings is 3. The zero-order valence-electron chi connectivity index (χ0n) is 20.4. The molecule has 0 radical (unpaired) electrons. The minimum atomic E-state index is 0.879. The molecule has 0 saturated heterocycles. The van der Waals surface area contributed by atoms with Crippen molar-refractivity contribution in [2.45, 2.75) is 0 Å². The van der Waals surface area contributed by atoms with E-state index in [0.717, 1.165) is 66.5 Å². The zero-order chi connectivity index (χ0) is 25.1. The monoisotopic (exact) mass is 487 g/mol. The van der Waals surface area contributed by atoms with Crippen LogP contribution >= 0.6 is 0 Å². The third-order valence-electron chi connectivity index (χ3n) is 7.28. The van der Waals surface area contributed by atoms with Crippen molar-refractivity contribution in [1.82, 2.24) is 24.1 Å². The number of fused-ring (bicyclic) bond motifs is 6. The number of hydrogen-bond donors (Lipinski definition) is 0. The molecule has 0 fully saturated rings. The molecule has 0 aliphatic heterocycles. The summed E-state index contributed by atoms with van der Waals surface area (Å²) in [7, 11) is 0. The minimum Gasteiger partial charge on any atom is -0.308 e. The Bertz CT molecular complexity index is 2110. The number of nitrogens with zero attached hydrogens (tertiary/aromatic N) is 5. The van der Waals surface area contributed by atoms with Crippen LogP contribution in [0.15, 0.2) is 128 Å². The van der Waals surface area contributed by atoms with E-state index in [0.29, 0.717) is 0 Å². The number of para-hydroxylation sites is 2. The van der Waals surface area contributed by atoms with Gasteiger partial charge in [0, 0.05) is 35.1 Å². The molecular weight excluding hydrogens is 466 g/mol. The van der Waals surface area contributed by atoms with Crippen LogP contribution in [0.1, 0.15) is 0 Å². The normalized spacial score (nSPS) is 11.7. The van der Waals surface area contributed by atoms with Gasteiger partial charge in [0.25, 0.3) is 0 Å². The number of aromatic nitrogens is 5. The highest BCUT2D eigenvalue weighted by Crippen LogP contribution is 2.37. The first kappa shape index (κ1) is 20.9. The highest BCUT2D eigenvalue weighted by molar-refractivity contribution is 6.15. The van der Waals surface area contributed by atoms with Crippen LogP contribution < -0.4 is 0 Å². The quantitative estimate of drug-likeness (QED) is 0.256. The fraction of sp³-hybridized carbons (Fsp3) is 0. The molecule has 5 heteroatoms. The molecule has 0 aliphatic carbocycles. The van der Waals surface area contributed by atoms with Gasteiger partial charge in [0.1, 0.15) is 5.82 Å². The number of hydrogen-bond acceptors (Lipinski definition) is 3. The van der Waals surface area contributed by atoms with E-state index >= 15 is 0 Å². The lowest BCUT2D eigenvalue weighted by Gasteiger charge is -2.10. The molecular formula is C33H21N5. The SMILES string of the molecule is c1ccc(-n2c3ccccc3c3nc4c5ccccc5n(-c5ccc(-c6ccncc6)cc5)c4cc32)nc1. The van der Waals surface area contributed by atoms with Crippen molar-refractivity contribution in [2.75, 3.05) is 0 Å². The molecule has 38 heavy (non-hydrogen) atoms. The largest absolute Gasteiger partial charge is 0.308 e. The number of pyridine rings is 3. The smallest absolute Gasteiger partial charge is 0.137 e. The van der Waals surface area contributed by atoms with Gasteiger partial charge in [-0.3, -0.25) is 9.55 Å². The summed E-state index contributed by atoms with van der Waals surface area (Å²) < 4.78 is 4.53. The Morgan fingerprint density at radius 3 is 1.76 bits per heavy atom. The summed E-state index contributed by atoms with van der Waals surface area (Å²) in [5, 5.41) is 2.26. The van der Waals surface area contributed by atoms with E-state index in [4.69, 9.17) is 4.98 Å². The molecule has 5 heterocycles. The summed E-state index contributed by atoms with van der Waals surface area (Å²) >= 11 is 0. The lowest BCUT2D eigenvalue weighted by molar-refractivity contribution is 1.08. The molecule has 5 nitrogen and oxygen atoms in total. The van der Waals surface area contributed by atoms with Gasteiger partial charge in [0.2, 0.25) is 0 Å². The third kappa shape index (κ3) is 3.02. The van der Waals surface area contributed by atoms with Gasteiger partial charge in [-0.2, -0.15) is 0 Å². The Kier molecular flexibility index (Phi) is 4.45. The third-order valence-corrected chi connectivity index (χ3v) is 7.28. The molecule has 0 amide bonds. The standard InChI is InChI=1S/C33H21N5/c1-3-9-27-25(7-1)32-29(37(27)24-14-12-22(13-15-24)23-16-19-34-20-17-23)21-30-33(36-32)26-8-2-4-10-28(26)38(30)31-11-5-6-18-35-31/h1-21H. The summed E-state index contributed by atoms with van der Waals surface area (Å²) in [5.74, 6) is 0.879. The van der Waals surface area contributed by atoms with Crippen LogP contribution in [0.3, 0.4) is 0 Å². The summed E-state index contributed by atoms with van der Waals surface area (Å²) in [5.41, 5.74) is 9.71. The first-order chi connectivity index (χ1) is 18.9. The van der Waals surface area contributed by atoms with Gasteiger partial charge < -0.3 is 4.57 Å². The zero-order valence-corrected chi connectivity index (χ0v) is 20.4. The summed E-state index contributed by atoms with van der Waals surface area (Å²) in [6, 6.07) is 38.0. The fourth-order valence-electron chi connectivity index (χ4n) is 5.59. The summed E-state index contributed by atoms with van der Waals surface area (Å²) in [6.45, 7) is 0. The molecule has 8 aromatic rings. The average Bonchev–Trinajstić information content (AvgIpc) is 3.49. The van der Waals surface area contributed by atoms with E-state index in [1.807, 2.05) is 48.9 Å². The molecule has 0 saturated carbocycles. The van der Waals surface area contributed by atoms with Crippen LogP contribution in [0, 0.1) is 0 Å². The van der Waals surface area contributed by atoms with Gasteiger partial charge in [-0.05, 0) is 65.7 Å². The lowest BCUT2D eigenvalue weighted by atomic mass is 10.1. The molecule has 0 N–H and O–H groups in total. The van der Waals surface area contributed by atoms with Gasteiger partial charge in [-0.15, -0.1) is 0 Å². The van der Waals surface area contributed by atoms with Crippen molar-refractivity contribution in [3.05, 3.63) is 128 Å². The first-order valence-electron chi connectivity index (χ1n) is 12.6. The van der Waals surface area contributed by atoms with Crippen LogP contribution in [-0.4, -0.2) is 24.1 Å². The number of rotatable bonds is 3. The molecule has 0 spiro atoms. The van der Waals surface area contributed by atoms with E-state index in [9.17, 15) is 0 Å². The van der Waals surface area contributed by atoms with Crippen LogP contribution in [0.4, 0.5) is 0 Å². The minimum absolute atomic E-state index is 0.879. The predicted molar refractivity (Wildman–Crippen MR) is 154 cm³/mol. The van der Waals surface area contributed by atoms with Gasteiger partial charge in [-0.1, -0.05) is 54.6 Å². The van der Waals surface area contributed by atoms with Crippen LogP contribution in [0.5, 0.6) is 0 Å². The maximum Gasteiger partial charge on any atom is 0.137 e. The molecule has 3 aromatic carbocycles. The molecule has 8 rings (SSSR count). The molecule has 0 bridgehead atoms. The Balaban J connectivity index is 1.45. The van der Waals surface area contributed by atoms with Crippen LogP contribution in [0.25, 0.3) is 66.5 Å². The van der Waals surface area contributed by atoms with Crippen molar-refractivity contribution in [2.24, 2.45) is 0 Å². The van der Waals surface area contributed by atoms with E-state index < -0.39 is 0 Å². The Morgan fingerprint density at radius 2 is 1.08 bits per heavy atom. The topological polar surface area (TPSA) is 48.5 Å². The van der Waals surface area contributed by atoms with Crippen LogP contribution in [0.2, 0.25) is 0 Å². The van der Waals surface area contributed by atoms with Crippen molar-refractivity contribution in [3.63, 3.8) is 0 Å². The fourth-order valence-corrected chi connectivity index (χ4v) is 5.59. The Hall–Kier alpha value is -5.29. The van der Waals surface area contributed by atoms with Gasteiger partial charge in [0.05, 0.1) is 33.1 Å². The van der Waals surface area contributed by atoms with Gasteiger partial charge in [-0.25, -0.2) is 9.97 Å².